The van der Waals surface area contributed by atoms with Crippen molar-refractivity contribution < 1.29 is 19.2 Å². The summed E-state index contributed by atoms with van der Waals surface area (Å²) in [6.07, 6.45) is 3.37. The standard InChI is InChI=1S/C20H26N2O4/c1-13-19(14(2)26-22-13)12-25-18-9-3-15(4-10-18)11-20(24)21-16-5-7-17(23)8-6-16/h3-4,9-10,16-17,23H,5-8,11-12H2,1-2H3,(H,21,24). The minimum absolute atomic E-state index is 0.0239. The number of aromatic nitrogens is 1. The largest absolute Gasteiger partial charge is 0.489 e. The van der Waals surface area contributed by atoms with Crippen LogP contribution in [0.3, 0.4) is 0 Å². The summed E-state index contributed by atoms with van der Waals surface area (Å²) in [6.45, 7) is 4.17. The predicted molar refractivity (Wildman–Crippen MR) is 96.9 cm³/mol. The molecule has 1 aliphatic rings. The van der Waals surface area contributed by atoms with Crippen LogP contribution in [0.2, 0.25) is 0 Å². The molecule has 0 spiro atoms. The molecule has 0 bridgehead atoms. The van der Waals surface area contributed by atoms with Gasteiger partial charge in [0.15, 0.2) is 0 Å². The third-order valence-corrected chi connectivity index (χ3v) is 4.91. The highest BCUT2D eigenvalue weighted by atomic mass is 16.5. The summed E-state index contributed by atoms with van der Waals surface area (Å²) in [5.41, 5.74) is 2.75. The van der Waals surface area contributed by atoms with Crippen LogP contribution in [0.1, 0.15) is 48.3 Å². The summed E-state index contributed by atoms with van der Waals surface area (Å²) < 4.78 is 10.9. The molecule has 1 aromatic heterocycles. The average Bonchev–Trinajstić information content (AvgIpc) is 2.94. The van der Waals surface area contributed by atoms with Gasteiger partial charge in [0, 0.05) is 6.04 Å². The van der Waals surface area contributed by atoms with E-state index in [-0.39, 0.29) is 18.1 Å². The zero-order valence-electron chi connectivity index (χ0n) is 15.3. The molecular formula is C20H26N2O4. The van der Waals surface area contributed by atoms with Gasteiger partial charge in [0.25, 0.3) is 0 Å². The highest BCUT2D eigenvalue weighted by molar-refractivity contribution is 5.78. The van der Waals surface area contributed by atoms with Gasteiger partial charge in [0.05, 0.1) is 23.8 Å². The SMILES string of the molecule is Cc1noc(C)c1COc1ccc(CC(=O)NC2CCC(O)CC2)cc1. The lowest BCUT2D eigenvalue weighted by Gasteiger charge is -2.26. The molecule has 0 saturated heterocycles. The number of benzene rings is 1. The van der Waals surface area contributed by atoms with E-state index in [0.29, 0.717) is 13.0 Å². The van der Waals surface area contributed by atoms with Gasteiger partial charge in [0.1, 0.15) is 18.1 Å². The maximum atomic E-state index is 12.2. The minimum atomic E-state index is -0.207. The van der Waals surface area contributed by atoms with E-state index in [1.54, 1.807) is 0 Å². The summed E-state index contributed by atoms with van der Waals surface area (Å²) in [5, 5.41) is 16.5. The number of rotatable bonds is 6. The third-order valence-electron chi connectivity index (χ3n) is 4.91. The fourth-order valence-corrected chi connectivity index (χ4v) is 3.25. The number of nitrogens with one attached hydrogen (secondary N) is 1. The molecule has 1 amide bonds. The van der Waals surface area contributed by atoms with Crippen LogP contribution in [0.5, 0.6) is 5.75 Å². The number of ether oxygens (including phenoxy) is 1. The molecule has 2 N–H and O–H groups in total. The van der Waals surface area contributed by atoms with Crippen molar-refractivity contribution in [2.45, 2.75) is 64.7 Å². The van der Waals surface area contributed by atoms with Crippen molar-refractivity contribution in [2.24, 2.45) is 0 Å². The highest BCUT2D eigenvalue weighted by Crippen LogP contribution is 2.20. The molecule has 1 fully saturated rings. The third kappa shape index (κ3) is 4.85. The molecule has 140 valence electrons. The van der Waals surface area contributed by atoms with Gasteiger partial charge in [-0.25, -0.2) is 0 Å². The van der Waals surface area contributed by atoms with Crippen LogP contribution in [0.4, 0.5) is 0 Å². The molecule has 1 heterocycles. The normalized spacial score (nSPS) is 20.0. The first-order valence-electron chi connectivity index (χ1n) is 9.12. The second-order valence-corrected chi connectivity index (χ2v) is 6.99. The van der Waals surface area contributed by atoms with Crippen LogP contribution >= 0.6 is 0 Å². The number of aliphatic hydroxyl groups is 1. The monoisotopic (exact) mass is 358 g/mol. The van der Waals surface area contributed by atoms with Gasteiger partial charge >= 0.3 is 0 Å². The maximum absolute atomic E-state index is 12.2. The summed E-state index contributed by atoms with van der Waals surface area (Å²) in [5.74, 6) is 1.54. The number of aryl methyl sites for hydroxylation is 2. The smallest absolute Gasteiger partial charge is 0.224 e. The molecule has 2 aromatic rings. The fraction of sp³-hybridized carbons (Fsp3) is 0.500. The van der Waals surface area contributed by atoms with E-state index < -0.39 is 0 Å². The molecule has 1 saturated carbocycles. The molecule has 0 radical (unpaired) electrons. The molecule has 0 atom stereocenters. The quantitative estimate of drug-likeness (QED) is 0.829. The van der Waals surface area contributed by atoms with Gasteiger partial charge in [-0.2, -0.15) is 0 Å². The number of carbonyl (C=O) groups excluding carboxylic acids is 1. The summed E-state index contributed by atoms with van der Waals surface area (Å²) >= 11 is 0. The zero-order valence-corrected chi connectivity index (χ0v) is 15.3. The lowest BCUT2D eigenvalue weighted by atomic mass is 9.93. The van der Waals surface area contributed by atoms with Gasteiger partial charge in [-0.1, -0.05) is 17.3 Å². The van der Waals surface area contributed by atoms with Crippen LogP contribution in [0.25, 0.3) is 0 Å². The first kappa shape index (κ1) is 18.5. The second-order valence-electron chi connectivity index (χ2n) is 6.99. The topological polar surface area (TPSA) is 84.6 Å². The van der Waals surface area contributed by atoms with E-state index in [9.17, 15) is 9.90 Å². The lowest BCUT2D eigenvalue weighted by Crippen LogP contribution is -2.39. The van der Waals surface area contributed by atoms with E-state index >= 15 is 0 Å². The van der Waals surface area contributed by atoms with Gasteiger partial charge in [-0.3, -0.25) is 4.79 Å². The Morgan fingerprint density at radius 3 is 2.54 bits per heavy atom. The number of amides is 1. The van der Waals surface area contributed by atoms with Crippen molar-refractivity contribution >= 4 is 5.91 Å². The van der Waals surface area contributed by atoms with Crippen molar-refractivity contribution in [1.82, 2.24) is 10.5 Å². The molecule has 1 aromatic carbocycles. The molecule has 26 heavy (non-hydrogen) atoms. The average molecular weight is 358 g/mol. The van der Waals surface area contributed by atoms with Crippen molar-refractivity contribution in [1.29, 1.82) is 0 Å². The first-order valence-corrected chi connectivity index (χ1v) is 9.12. The molecular weight excluding hydrogens is 332 g/mol. The molecule has 0 unspecified atom stereocenters. The van der Waals surface area contributed by atoms with E-state index in [1.165, 1.54) is 0 Å². The molecule has 0 aliphatic heterocycles. The van der Waals surface area contributed by atoms with Crippen molar-refractivity contribution in [3.8, 4) is 5.75 Å². The van der Waals surface area contributed by atoms with Crippen LogP contribution in [0.15, 0.2) is 28.8 Å². The Labute approximate surface area is 153 Å². The number of carbonyl (C=O) groups is 1. The Kier molecular flexibility index (Phi) is 5.93. The van der Waals surface area contributed by atoms with Gasteiger partial charge < -0.3 is 19.7 Å². The van der Waals surface area contributed by atoms with E-state index in [4.69, 9.17) is 9.26 Å². The minimum Gasteiger partial charge on any atom is -0.489 e. The van der Waals surface area contributed by atoms with Gasteiger partial charge in [-0.15, -0.1) is 0 Å². The second kappa shape index (κ2) is 8.36. The Morgan fingerprint density at radius 2 is 1.92 bits per heavy atom. The van der Waals surface area contributed by atoms with Crippen molar-refractivity contribution in [3.63, 3.8) is 0 Å². The summed E-state index contributed by atoms with van der Waals surface area (Å²) in [4.78, 5) is 12.2. The maximum Gasteiger partial charge on any atom is 0.224 e. The Morgan fingerprint density at radius 1 is 1.23 bits per heavy atom. The zero-order chi connectivity index (χ0) is 18.5. The number of hydrogen-bond acceptors (Lipinski definition) is 5. The summed E-state index contributed by atoms with van der Waals surface area (Å²) in [6, 6.07) is 7.75. The number of aliphatic hydroxyl groups excluding tert-OH is 1. The first-order chi connectivity index (χ1) is 12.5. The van der Waals surface area contributed by atoms with Gasteiger partial charge in [0.2, 0.25) is 5.91 Å². The van der Waals surface area contributed by atoms with Gasteiger partial charge in [-0.05, 0) is 57.2 Å². The van der Waals surface area contributed by atoms with E-state index in [0.717, 1.165) is 54.0 Å². The number of hydrogen-bond donors (Lipinski definition) is 2. The predicted octanol–water partition coefficient (Wildman–Crippen LogP) is 2.83. The van der Waals surface area contributed by atoms with Crippen molar-refractivity contribution in [3.05, 3.63) is 46.8 Å². The fourth-order valence-electron chi connectivity index (χ4n) is 3.25. The van der Waals surface area contributed by atoms with Crippen LogP contribution < -0.4 is 10.1 Å². The van der Waals surface area contributed by atoms with Crippen LogP contribution in [-0.2, 0) is 17.8 Å². The molecule has 6 heteroatoms. The van der Waals surface area contributed by atoms with Crippen molar-refractivity contribution in [2.75, 3.05) is 0 Å². The Bertz CT molecular complexity index is 711. The Balaban J connectivity index is 1.47. The molecule has 1 aliphatic carbocycles. The summed E-state index contributed by atoms with van der Waals surface area (Å²) in [7, 11) is 0. The lowest BCUT2D eigenvalue weighted by molar-refractivity contribution is -0.121. The van der Waals surface area contributed by atoms with Crippen LogP contribution in [0, 0.1) is 13.8 Å². The highest BCUT2D eigenvalue weighted by Gasteiger charge is 2.20. The molecule has 6 nitrogen and oxygen atoms in total. The number of nitrogens with zero attached hydrogens (tertiary/aromatic N) is 1. The molecule has 3 rings (SSSR count). The Hall–Kier alpha value is -2.34. The van der Waals surface area contributed by atoms with E-state index in [2.05, 4.69) is 10.5 Å². The van der Waals surface area contributed by atoms with Crippen LogP contribution in [-0.4, -0.2) is 28.3 Å². The van der Waals surface area contributed by atoms with E-state index in [1.807, 2.05) is 38.1 Å².